The first-order valence-corrected chi connectivity index (χ1v) is 15.1. The normalized spacial score (nSPS) is 15.0. The van der Waals surface area contributed by atoms with Gasteiger partial charge in [-0.1, -0.05) is 31.2 Å². The number of nitrogens with zero attached hydrogens (tertiary/aromatic N) is 1. The molecule has 4 rings (SSSR count). The van der Waals surface area contributed by atoms with Crippen LogP contribution in [-0.4, -0.2) is 44.5 Å². The summed E-state index contributed by atoms with van der Waals surface area (Å²) >= 11 is 0. The lowest BCUT2D eigenvalue weighted by Gasteiger charge is -2.27. The zero-order valence-corrected chi connectivity index (χ0v) is 23.8. The molecule has 0 fully saturated rings. The maximum Gasteiger partial charge on any atom is 0.237 e. The molecule has 9 heteroatoms. The van der Waals surface area contributed by atoms with Crippen molar-refractivity contribution in [2.75, 3.05) is 20.5 Å². The van der Waals surface area contributed by atoms with Crippen molar-refractivity contribution in [3.8, 4) is 11.5 Å². The Hall–Kier alpha value is -3.30. The number of hydrogen-bond acceptors (Lipinski definition) is 6. The number of ether oxygens (including phenoxy) is 2. The second-order valence-electron chi connectivity index (χ2n) is 10.4. The summed E-state index contributed by atoms with van der Waals surface area (Å²) in [6.45, 7) is 2.57. The summed E-state index contributed by atoms with van der Waals surface area (Å²) in [7, 11) is -0.363. The molecule has 1 aromatic heterocycles. The molecular formula is C30H38N2O6S. The van der Waals surface area contributed by atoms with Crippen LogP contribution in [0.1, 0.15) is 47.3 Å². The topological polar surface area (TPSA) is 107 Å². The van der Waals surface area contributed by atoms with E-state index < -0.39 is 22.0 Å². The van der Waals surface area contributed by atoms with Crippen molar-refractivity contribution in [1.82, 2.24) is 9.29 Å². The number of amides is 1. The third-order valence-corrected chi connectivity index (χ3v) is 8.06. The molecule has 2 N–H and O–H groups in total. The molecule has 1 heterocycles. The van der Waals surface area contributed by atoms with Gasteiger partial charge in [-0.3, -0.25) is 9.52 Å². The summed E-state index contributed by atoms with van der Waals surface area (Å²) in [6, 6.07) is 14.1. The van der Waals surface area contributed by atoms with Crippen LogP contribution < -0.4 is 14.2 Å². The van der Waals surface area contributed by atoms with Gasteiger partial charge in [0.25, 0.3) is 0 Å². The lowest BCUT2D eigenvalue weighted by atomic mass is 9.85. The van der Waals surface area contributed by atoms with Crippen molar-refractivity contribution in [2.24, 2.45) is 11.8 Å². The number of carbonyl (C=O) groups is 1. The fourth-order valence-electron chi connectivity index (χ4n) is 5.75. The fourth-order valence-corrected chi connectivity index (χ4v) is 6.24. The molecule has 0 unspecified atom stereocenters. The van der Waals surface area contributed by atoms with Gasteiger partial charge in [-0.25, -0.2) is 8.42 Å². The average Bonchev–Trinajstić information content (AvgIpc) is 3.51. The number of hydrogen-bond donors (Lipinski definition) is 2. The SMILES string of the molecule is CCc1c(OC)cc([C@@H](O)[C@H](CC2Cc3ccccc3C2)Cn2ccc(CC(=O)NS(C)(=O)=O)c2)cc1OC. The standard InChI is InChI=1S/C30H38N2O6S/c1-5-26-27(37-2)16-24(17-28(26)38-3)30(34)25(14-21-12-22-8-6-7-9-23(22)13-21)19-32-11-10-20(18-32)15-29(33)31-39(4,35)36/h6-11,16-18,21,25,30,34H,5,12-15,19H2,1-4H3,(H,31,33)/t25-,30-/m1/s1. The highest BCUT2D eigenvalue weighted by atomic mass is 32.2. The van der Waals surface area contributed by atoms with Crippen LogP contribution in [-0.2, 0) is 47.0 Å². The molecule has 1 amide bonds. The number of nitrogens with one attached hydrogen (secondary N) is 1. The zero-order chi connectivity index (χ0) is 28.2. The van der Waals surface area contributed by atoms with Crippen LogP contribution in [0.15, 0.2) is 54.9 Å². The molecule has 8 nitrogen and oxygen atoms in total. The summed E-state index contributed by atoms with van der Waals surface area (Å²) in [6.07, 6.45) is 7.34. The molecule has 0 radical (unpaired) electrons. The Labute approximate surface area is 231 Å². The van der Waals surface area contributed by atoms with E-state index in [0.717, 1.165) is 43.1 Å². The van der Waals surface area contributed by atoms with Gasteiger partial charge in [0.05, 0.1) is 33.0 Å². The molecule has 0 saturated heterocycles. The van der Waals surface area contributed by atoms with E-state index in [4.69, 9.17) is 9.47 Å². The van der Waals surface area contributed by atoms with E-state index in [1.807, 2.05) is 40.7 Å². The highest BCUT2D eigenvalue weighted by molar-refractivity contribution is 7.89. The number of aliphatic hydroxyl groups is 1. The number of benzene rings is 2. The number of rotatable bonds is 12. The Bertz CT molecular complexity index is 1360. The highest BCUT2D eigenvalue weighted by Crippen LogP contribution is 2.39. The fraction of sp³-hybridized carbons (Fsp3) is 0.433. The van der Waals surface area contributed by atoms with Gasteiger partial charge in [0.2, 0.25) is 15.9 Å². The quantitative estimate of drug-likeness (QED) is 0.352. The molecule has 2 aromatic carbocycles. The molecule has 0 bridgehead atoms. The smallest absolute Gasteiger partial charge is 0.237 e. The predicted octanol–water partition coefficient (Wildman–Crippen LogP) is 3.84. The number of sulfonamides is 1. The lowest BCUT2D eigenvalue weighted by molar-refractivity contribution is -0.118. The maximum atomic E-state index is 12.1. The Kier molecular flexibility index (Phi) is 9.02. The van der Waals surface area contributed by atoms with Crippen LogP contribution in [0.4, 0.5) is 0 Å². The zero-order valence-electron chi connectivity index (χ0n) is 23.0. The Balaban J connectivity index is 1.58. The molecule has 0 saturated carbocycles. The van der Waals surface area contributed by atoms with Crippen LogP contribution >= 0.6 is 0 Å². The lowest BCUT2D eigenvalue weighted by Crippen LogP contribution is -2.30. The number of methoxy groups -OCH3 is 2. The summed E-state index contributed by atoms with van der Waals surface area (Å²) in [5.74, 6) is 1.08. The highest BCUT2D eigenvalue weighted by Gasteiger charge is 2.30. The van der Waals surface area contributed by atoms with Crippen LogP contribution in [0.25, 0.3) is 0 Å². The molecule has 1 aliphatic rings. The van der Waals surface area contributed by atoms with Crippen molar-refractivity contribution in [3.63, 3.8) is 0 Å². The predicted molar refractivity (Wildman–Crippen MR) is 150 cm³/mol. The molecule has 210 valence electrons. The van der Waals surface area contributed by atoms with E-state index >= 15 is 0 Å². The van der Waals surface area contributed by atoms with Gasteiger partial charge in [-0.15, -0.1) is 0 Å². The molecular weight excluding hydrogens is 516 g/mol. The van der Waals surface area contributed by atoms with E-state index in [0.29, 0.717) is 29.5 Å². The minimum Gasteiger partial charge on any atom is -0.496 e. The molecule has 2 atom stereocenters. The van der Waals surface area contributed by atoms with Gasteiger partial charge in [-0.2, -0.15) is 0 Å². The summed E-state index contributed by atoms with van der Waals surface area (Å²) < 4.78 is 38.0. The van der Waals surface area contributed by atoms with Crippen molar-refractivity contribution < 1.29 is 27.8 Å². The summed E-state index contributed by atoms with van der Waals surface area (Å²) in [5, 5.41) is 11.7. The number of aliphatic hydroxyl groups excluding tert-OH is 1. The van der Waals surface area contributed by atoms with Crippen molar-refractivity contribution >= 4 is 15.9 Å². The van der Waals surface area contributed by atoms with Gasteiger partial charge in [0.15, 0.2) is 0 Å². The van der Waals surface area contributed by atoms with Gasteiger partial charge in [-0.05, 0) is 72.1 Å². The van der Waals surface area contributed by atoms with Crippen LogP contribution in [0, 0.1) is 11.8 Å². The first kappa shape index (κ1) is 28.7. The van der Waals surface area contributed by atoms with Crippen LogP contribution in [0.3, 0.4) is 0 Å². The second kappa shape index (κ2) is 12.3. The molecule has 0 aliphatic heterocycles. The minimum absolute atomic E-state index is 0.0435. The molecule has 3 aromatic rings. The van der Waals surface area contributed by atoms with E-state index in [-0.39, 0.29) is 12.3 Å². The van der Waals surface area contributed by atoms with E-state index in [9.17, 15) is 18.3 Å². The minimum atomic E-state index is -3.61. The van der Waals surface area contributed by atoms with Crippen molar-refractivity contribution in [3.05, 3.63) is 82.7 Å². The molecule has 39 heavy (non-hydrogen) atoms. The molecule has 1 aliphatic carbocycles. The number of fused-ring (bicyclic) bond motifs is 1. The molecule has 0 spiro atoms. The van der Waals surface area contributed by atoms with Crippen LogP contribution in [0.5, 0.6) is 11.5 Å². The Morgan fingerprint density at radius 2 is 1.72 bits per heavy atom. The summed E-state index contributed by atoms with van der Waals surface area (Å²) in [4.78, 5) is 12.1. The average molecular weight is 555 g/mol. The van der Waals surface area contributed by atoms with E-state index in [1.165, 1.54) is 11.1 Å². The maximum absolute atomic E-state index is 12.1. The van der Waals surface area contributed by atoms with Gasteiger partial charge >= 0.3 is 0 Å². The monoisotopic (exact) mass is 554 g/mol. The second-order valence-corrected chi connectivity index (χ2v) is 12.2. The Morgan fingerprint density at radius 1 is 1.10 bits per heavy atom. The van der Waals surface area contributed by atoms with Crippen molar-refractivity contribution in [1.29, 1.82) is 0 Å². The van der Waals surface area contributed by atoms with Gasteiger partial charge in [0, 0.05) is 30.4 Å². The number of carbonyl (C=O) groups excluding carboxylic acids is 1. The largest absolute Gasteiger partial charge is 0.496 e. The van der Waals surface area contributed by atoms with Gasteiger partial charge < -0.3 is 19.1 Å². The third-order valence-electron chi connectivity index (χ3n) is 7.46. The first-order chi connectivity index (χ1) is 18.6. The Morgan fingerprint density at radius 3 is 2.26 bits per heavy atom. The third kappa shape index (κ3) is 7.22. The van der Waals surface area contributed by atoms with E-state index in [1.54, 1.807) is 20.3 Å². The first-order valence-electron chi connectivity index (χ1n) is 13.2. The van der Waals surface area contributed by atoms with Crippen LogP contribution in [0.2, 0.25) is 0 Å². The number of aromatic nitrogens is 1. The summed E-state index contributed by atoms with van der Waals surface area (Å²) in [5.41, 5.74) is 5.13. The van der Waals surface area contributed by atoms with E-state index in [2.05, 4.69) is 24.3 Å². The van der Waals surface area contributed by atoms with Crippen molar-refractivity contribution in [2.45, 2.75) is 51.7 Å². The van der Waals surface area contributed by atoms with Gasteiger partial charge in [0.1, 0.15) is 11.5 Å².